The molecule has 5 nitrogen and oxygen atoms in total. The number of thiophene rings is 1. The summed E-state index contributed by atoms with van der Waals surface area (Å²) < 4.78 is 7.52. The van der Waals surface area contributed by atoms with Crippen LogP contribution in [0, 0.1) is 0 Å². The summed E-state index contributed by atoms with van der Waals surface area (Å²) in [5.41, 5.74) is 3.35. The molecule has 0 atom stereocenters. The second-order valence-electron chi connectivity index (χ2n) is 8.35. The van der Waals surface area contributed by atoms with Gasteiger partial charge in [0.1, 0.15) is 12.4 Å². The first-order chi connectivity index (χ1) is 16.3. The van der Waals surface area contributed by atoms with Crippen LogP contribution in [0.3, 0.4) is 0 Å². The molecule has 5 rings (SSSR count). The first-order valence-electron chi connectivity index (χ1n) is 11.6. The van der Waals surface area contributed by atoms with Crippen LogP contribution in [0.4, 0.5) is 0 Å². The number of piperazine rings is 1. The summed E-state index contributed by atoms with van der Waals surface area (Å²) in [5, 5.41) is 8.35. The highest BCUT2D eigenvalue weighted by Crippen LogP contribution is 2.35. The Kier molecular flexibility index (Phi) is 7.28. The molecule has 1 fully saturated rings. The van der Waals surface area contributed by atoms with Crippen molar-refractivity contribution in [3.05, 3.63) is 84.2 Å². The minimum Gasteiger partial charge on any atom is -0.487 e. The number of ether oxygens (including phenoxy) is 1. The molecular formula is C27H30N4OS. The van der Waals surface area contributed by atoms with E-state index in [1.165, 1.54) is 26.1 Å². The van der Waals surface area contributed by atoms with E-state index in [-0.39, 0.29) is 0 Å². The zero-order chi connectivity index (χ0) is 22.3. The predicted octanol–water partition coefficient (Wildman–Crippen LogP) is 4.54. The molecule has 0 saturated carbocycles. The normalized spacial score (nSPS) is 14.5. The Hall–Kier alpha value is -2.77. The fraction of sp³-hybridized carbons (Fsp3) is 0.296. The third kappa shape index (κ3) is 5.78. The molecule has 1 saturated heterocycles. The van der Waals surface area contributed by atoms with E-state index < -0.39 is 0 Å². The molecule has 1 aliphatic rings. The molecule has 170 valence electrons. The summed E-state index contributed by atoms with van der Waals surface area (Å²) in [5.74, 6) is 0.917. The average Bonchev–Trinajstić information content (AvgIpc) is 3.31. The summed E-state index contributed by atoms with van der Waals surface area (Å²) in [7, 11) is 0. The lowest BCUT2D eigenvalue weighted by molar-refractivity contribution is 0.240. The Morgan fingerprint density at radius 3 is 2.73 bits per heavy atom. The van der Waals surface area contributed by atoms with Gasteiger partial charge in [0.25, 0.3) is 0 Å². The van der Waals surface area contributed by atoms with E-state index in [0.717, 1.165) is 57.3 Å². The van der Waals surface area contributed by atoms with Crippen molar-refractivity contribution < 1.29 is 4.74 Å². The molecule has 0 radical (unpaired) electrons. The van der Waals surface area contributed by atoms with Crippen molar-refractivity contribution in [1.29, 1.82) is 0 Å². The van der Waals surface area contributed by atoms with Crippen LogP contribution in [0.1, 0.15) is 11.3 Å². The molecule has 2 aromatic carbocycles. The van der Waals surface area contributed by atoms with E-state index in [1.54, 1.807) is 0 Å². The van der Waals surface area contributed by atoms with Gasteiger partial charge < -0.3 is 15.4 Å². The Balaban J connectivity index is 1.31. The van der Waals surface area contributed by atoms with Gasteiger partial charge in [-0.1, -0.05) is 24.3 Å². The predicted molar refractivity (Wildman–Crippen MR) is 137 cm³/mol. The SMILES string of the molecule is c1ccc(COc2ccc(-c3cc4ccccc4s3)cc2CNCCN2CCNCC2)nc1. The van der Waals surface area contributed by atoms with Crippen LogP contribution in [0.2, 0.25) is 0 Å². The van der Waals surface area contributed by atoms with E-state index in [0.29, 0.717) is 6.61 Å². The number of nitrogens with one attached hydrogen (secondary N) is 2. The van der Waals surface area contributed by atoms with E-state index in [2.05, 4.69) is 69.0 Å². The molecule has 2 N–H and O–H groups in total. The van der Waals surface area contributed by atoms with Gasteiger partial charge in [0.2, 0.25) is 0 Å². The smallest absolute Gasteiger partial charge is 0.130 e. The number of hydrogen-bond acceptors (Lipinski definition) is 6. The molecule has 6 heteroatoms. The Morgan fingerprint density at radius 1 is 1.00 bits per heavy atom. The molecular weight excluding hydrogens is 428 g/mol. The molecule has 0 amide bonds. The fourth-order valence-electron chi connectivity index (χ4n) is 4.17. The maximum atomic E-state index is 6.20. The topological polar surface area (TPSA) is 49.4 Å². The van der Waals surface area contributed by atoms with Gasteiger partial charge in [-0.25, -0.2) is 0 Å². The third-order valence-electron chi connectivity index (χ3n) is 6.00. The Bertz CT molecular complexity index is 1140. The Morgan fingerprint density at radius 2 is 1.88 bits per heavy atom. The van der Waals surface area contributed by atoms with Crippen molar-refractivity contribution in [2.75, 3.05) is 39.3 Å². The number of pyridine rings is 1. The van der Waals surface area contributed by atoms with E-state index in [9.17, 15) is 0 Å². The number of nitrogens with zero attached hydrogens (tertiary/aromatic N) is 2. The maximum Gasteiger partial charge on any atom is 0.130 e. The van der Waals surface area contributed by atoms with E-state index >= 15 is 0 Å². The monoisotopic (exact) mass is 458 g/mol. The number of hydrogen-bond donors (Lipinski definition) is 2. The van der Waals surface area contributed by atoms with Crippen LogP contribution in [-0.4, -0.2) is 49.2 Å². The molecule has 33 heavy (non-hydrogen) atoms. The van der Waals surface area contributed by atoms with Crippen molar-refractivity contribution in [3.8, 4) is 16.2 Å². The molecule has 3 heterocycles. The summed E-state index contributed by atoms with van der Waals surface area (Å²) in [6, 6.07) is 23.3. The van der Waals surface area contributed by atoms with Crippen molar-refractivity contribution in [1.82, 2.24) is 20.5 Å². The van der Waals surface area contributed by atoms with Gasteiger partial charge in [-0.2, -0.15) is 0 Å². The van der Waals surface area contributed by atoms with E-state index in [4.69, 9.17) is 4.74 Å². The largest absolute Gasteiger partial charge is 0.487 e. The van der Waals surface area contributed by atoms with Gasteiger partial charge in [-0.15, -0.1) is 11.3 Å². The lowest BCUT2D eigenvalue weighted by Gasteiger charge is -2.27. The number of rotatable bonds is 9. The quantitative estimate of drug-likeness (QED) is 0.361. The second-order valence-corrected chi connectivity index (χ2v) is 9.43. The highest BCUT2D eigenvalue weighted by molar-refractivity contribution is 7.22. The van der Waals surface area contributed by atoms with Crippen LogP contribution < -0.4 is 15.4 Å². The summed E-state index contributed by atoms with van der Waals surface area (Å²) >= 11 is 1.84. The van der Waals surface area contributed by atoms with Crippen LogP contribution in [-0.2, 0) is 13.2 Å². The van der Waals surface area contributed by atoms with Crippen molar-refractivity contribution in [2.24, 2.45) is 0 Å². The van der Waals surface area contributed by atoms with Crippen LogP contribution in [0.15, 0.2) is 72.9 Å². The zero-order valence-electron chi connectivity index (χ0n) is 18.8. The van der Waals surface area contributed by atoms with Crippen LogP contribution >= 0.6 is 11.3 Å². The fourth-order valence-corrected chi connectivity index (χ4v) is 5.23. The number of aromatic nitrogens is 1. The summed E-state index contributed by atoms with van der Waals surface area (Å²) in [6.07, 6.45) is 1.81. The molecule has 2 aromatic heterocycles. The standard InChI is InChI=1S/C27H30N4OS/c1-2-7-26-21(5-1)18-27(33-26)22-8-9-25(32-20-24-6-3-4-10-30-24)23(17-22)19-29-13-16-31-14-11-28-12-15-31/h1-10,17-18,28-29H,11-16,19-20H2. The van der Waals surface area contributed by atoms with E-state index in [1.807, 2.05) is 35.7 Å². The summed E-state index contributed by atoms with van der Waals surface area (Å²) in [4.78, 5) is 8.19. The van der Waals surface area contributed by atoms with Gasteiger partial charge >= 0.3 is 0 Å². The van der Waals surface area contributed by atoms with Gasteiger partial charge in [0.15, 0.2) is 0 Å². The molecule has 4 aromatic rings. The average molecular weight is 459 g/mol. The second kappa shape index (κ2) is 10.9. The summed E-state index contributed by atoms with van der Waals surface area (Å²) in [6.45, 7) is 7.71. The van der Waals surface area contributed by atoms with Crippen molar-refractivity contribution in [3.63, 3.8) is 0 Å². The molecule has 0 aliphatic carbocycles. The van der Waals surface area contributed by atoms with Crippen LogP contribution in [0.25, 0.3) is 20.5 Å². The van der Waals surface area contributed by atoms with Gasteiger partial charge in [0, 0.05) is 67.2 Å². The van der Waals surface area contributed by atoms with Crippen molar-refractivity contribution in [2.45, 2.75) is 13.2 Å². The molecule has 0 spiro atoms. The zero-order valence-corrected chi connectivity index (χ0v) is 19.6. The first-order valence-corrected chi connectivity index (χ1v) is 12.5. The molecule has 0 unspecified atom stereocenters. The van der Waals surface area contributed by atoms with Gasteiger partial charge in [-0.05, 0) is 53.4 Å². The molecule has 0 bridgehead atoms. The highest BCUT2D eigenvalue weighted by Gasteiger charge is 2.12. The van der Waals surface area contributed by atoms with Crippen molar-refractivity contribution >= 4 is 21.4 Å². The number of fused-ring (bicyclic) bond motifs is 1. The Labute approximate surface area is 199 Å². The minimum atomic E-state index is 0.469. The van der Waals surface area contributed by atoms with Gasteiger partial charge in [-0.3, -0.25) is 9.88 Å². The lowest BCUT2D eigenvalue weighted by Crippen LogP contribution is -2.45. The van der Waals surface area contributed by atoms with Gasteiger partial charge in [0.05, 0.1) is 5.69 Å². The minimum absolute atomic E-state index is 0.469. The number of benzene rings is 2. The maximum absolute atomic E-state index is 6.20. The highest BCUT2D eigenvalue weighted by atomic mass is 32.1. The lowest BCUT2D eigenvalue weighted by atomic mass is 10.1. The van der Waals surface area contributed by atoms with Crippen LogP contribution in [0.5, 0.6) is 5.75 Å². The first kappa shape index (κ1) is 22.0. The molecule has 1 aliphatic heterocycles. The third-order valence-corrected chi connectivity index (χ3v) is 7.17.